The van der Waals surface area contributed by atoms with Crippen molar-refractivity contribution in [2.75, 3.05) is 11.5 Å². The molecule has 0 saturated heterocycles. The third kappa shape index (κ3) is 3.12. The van der Waals surface area contributed by atoms with E-state index in [1.165, 1.54) is 0 Å². The first-order valence-electron chi connectivity index (χ1n) is 5.97. The summed E-state index contributed by atoms with van der Waals surface area (Å²) in [6.07, 6.45) is 4.17. The van der Waals surface area contributed by atoms with Gasteiger partial charge in [-0.15, -0.1) is 0 Å². The number of nitrogen functional groups attached to an aromatic ring is 2. The zero-order valence-corrected chi connectivity index (χ0v) is 9.82. The Bertz CT molecular complexity index is 392. The molecule has 2 rings (SSSR count). The zero-order valence-electron chi connectivity index (χ0n) is 9.82. The maximum Gasteiger partial charge on any atom is 0.309 e. The van der Waals surface area contributed by atoms with Crippen LogP contribution in [0.25, 0.3) is 0 Å². The number of carbonyl (C=O) groups excluding carboxylic acids is 1. The lowest BCUT2D eigenvalue weighted by Crippen LogP contribution is -2.14. The van der Waals surface area contributed by atoms with Gasteiger partial charge in [-0.25, -0.2) is 0 Å². The molecular weight excluding hydrogens is 216 g/mol. The summed E-state index contributed by atoms with van der Waals surface area (Å²) in [7, 11) is 0. The highest BCUT2D eigenvalue weighted by molar-refractivity contribution is 5.72. The van der Waals surface area contributed by atoms with E-state index in [1.54, 1.807) is 18.2 Å². The largest absolute Gasteiger partial charge is 0.461 e. The number of rotatable bonds is 3. The smallest absolute Gasteiger partial charge is 0.309 e. The minimum absolute atomic E-state index is 0.0911. The van der Waals surface area contributed by atoms with Gasteiger partial charge in [0, 0.05) is 11.4 Å². The minimum Gasteiger partial charge on any atom is -0.461 e. The predicted octanol–water partition coefficient (Wildman–Crippen LogP) is 2.08. The van der Waals surface area contributed by atoms with E-state index < -0.39 is 0 Å². The van der Waals surface area contributed by atoms with Gasteiger partial charge in [-0.05, 0) is 36.6 Å². The highest BCUT2D eigenvalue weighted by Gasteiger charge is 2.23. The Kier molecular flexibility index (Phi) is 3.52. The lowest BCUT2D eigenvalue weighted by molar-refractivity contribution is -0.149. The summed E-state index contributed by atoms with van der Waals surface area (Å²) in [5, 5.41) is 0. The molecule has 1 aromatic rings. The summed E-state index contributed by atoms with van der Waals surface area (Å²) in [5.41, 5.74) is 13.4. The fourth-order valence-corrected chi connectivity index (χ4v) is 2.26. The van der Waals surface area contributed by atoms with Gasteiger partial charge < -0.3 is 16.2 Å². The molecule has 1 saturated carbocycles. The first kappa shape index (κ1) is 11.8. The summed E-state index contributed by atoms with van der Waals surface area (Å²) in [6.45, 7) is 0.255. The molecule has 0 amide bonds. The minimum atomic E-state index is -0.0940. The topological polar surface area (TPSA) is 78.3 Å². The van der Waals surface area contributed by atoms with Crippen molar-refractivity contribution in [3.63, 3.8) is 0 Å². The predicted molar refractivity (Wildman–Crippen MR) is 67.0 cm³/mol. The van der Waals surface area contributed by atoms with Gasteiger partial charge in [0.2, 0.25) is 0 Å². The zero-order chi connectivity index (χ0) is 12.3. The van der Waals surface area contributed by atoms with E-state index in [0.717, 1.165) is 31.2 Å². The van der Waals surface area contributed by atoms with Crippen LogP contribution in [0, 0.1) is 5.92 Å². The van der Waals surface area contributed by atoms with Gasteiger partial charge in [-0.3, -0.25) is 4.79 Å². The Hall–Kier alpha value is -1.71. The fraction of sp³-hybridized carbons (Fsp3) is 0.462. The summed E-state index contributed by atoms with van der Waals surface area (Å²) < 4.78 is 5.27. The maximum absolute atomic E-state index is 11.7. The van der Waals surface area contributed by atoms with Crippen LogP contribution in [0.1, 0.15) is 31.2 Å². The molecule has 0 atom stereocenters. The molecule has 1 aliphatic carbocycles. The van der Waals surface area contributed by atoms with Crippen LogP contribution in [-0.2, 0) is 16.1 Å². The molecule has 0 radical (unpaired) electrons. The first-order valence-corrected chi connectivity index (χ1v) is 5.97. The van der Waals surface area contributed by atoms with Gasteiger partial charge in [-0.1, -0.05) is 12.8 Å². The van der Waals surface area contributed by atoms with E-state index in [4.69, 9.17) is 16.2 Å². The van der Waals surface area contributed by atoms with Crippen LogP contribution < -0.4 is 11.5 Å². The molecule has 1 fully saturated rings. The number of carbonyl (C=O) groups is 1. The molecule has 4 N–H and O–H groups in total. The van der Waals surface area contributed by atoms with E-state index in [1.807, 2.05) is 0 Å². The first-order chi connectivity index (χ1) is 8.15. The van der Waals surface area contributed by atoms with Crippen LogP contribution in [0.4, 0.5) is 11.4 Å². The highest BCUT2D eigenvalue weighted by atomic mass is 16.5. The van der Waals surface area contributed by atoms with Gasteiger partial charge in [0.15, 0.2) is 0 Å². The number of benzene rings is 1. The third-order valence-corrected chi connectivity index (χ3v) is 3.11. The molecule has 0 aliphatic heterocycles. The van der Waals surface area contributed by atoms with Gasteiger partial charge in [-0.2, -0.15) is 0 Å². The van der Waals surface area contributed by atoms with Crippen LogP contribution in [0.5, 0.6) is 0 Å². The van der Waals surface area contributed by atoms with Gasteiger partial charge in [0.05, 0.1) is 5.92 Å². The van der Waals surface area contributed by atoms with Crippen molar-refractivity contribution in [2.24, 2.45) is 5.92 Å². The van der Waals surface area contributed by atoms with Crippen LogP contribution in [0.15, 0.2) is 18.2 Å². The number of ether oxygens (including phenoxy) is 1. The Morgan fingerprint density at radius 3 is 2.35 bits per heavy atom. The second-order valence-corrected chi connectivity index (χ2v) is 4.60. The van der Waals surface area contributed by atoms with Crippen LogP contribution in [0.3, 0.4) is 0 Å². The SMILES string of the molecule is Nc1cc(N)cc(COC(=O)C2CCCC2)c1. The van der Waals surface area contributed by atoms with Crippen molar-refractivity contribution in [2.45, 2.75) is 32.3 Å². The molecule has 0 unspecified atom stereocenters. The van der Waals surface area contributed by atoms with E-state index in [-0.39, 0.29) is 18.5 Å². The van der Waals surface area contributed by atoms with Crippen molar-refractivity contribution < 1.29 is 9.53 Å². The molecule has 4 heteroatoms. The quantitative estimate of drug-likeness (QED) is 0.620. The van der Waals surface area contributed by atoms with Crippen molar-refractivity contribution in [1.29, 1.82) is 0 Å². The lowest BCUT2D eigenvalue weighted by atomic mass is 10.1. The number of hydrogen-bond donors (Lipinski definition) is 2. The van der Waals surface area contributed by atoms with Crippen molar-refractivity contribution in [3.8, 4) is 0 Å². The third-order valence-electron chi connectivity index (χ3n) is 3.11. The second kappa shape index (κ2) is 5.08. The Balaban J connectivity index is 1.90. The average molecular weight is 234 g/mol. The van der Waals surface area contributed by atoms with E-state index in [0.29, 0.717) is 11.4 Å². The fourth-order valence-electron chi connectivity index (χ4n) is 2.26. The summed E-state index contributed by atoms with van der Waals surface area (Å²) >= 11 is 0. The summed E-state index contributed by atoms with van der Waals surface area (Å²) in [4.78, 5) is 11.7. The molecule has 1 aromatic carbocycles. The van der Waals surface area contributed by atoms with E-state index in [2.05, 4.69) is 0 Å². The maximum atomic E-state index is 11.7. The number of hydrogen-bond acceptors (Lipinski definition) is 4. The summed E-state index contributed by atoms with van der Waals surface area (Å²) in [6, 6.07) is 5.23. The Morgan fingerprint density at radius 1 is 1.18 bits per heavy atom. The van der Waals surface area contributed by atoms with E-state index >= 15 is 0 Å². The molecule has 4 nitrogen and oxygen atoms in total. The van der Waals surface area contributed by atoms with Gasteiger partial charge >= 0.3 is 5.97 Å². The second-order valence-electron chi connectivity index (χ2n) is 4.60. The monoisotopic (exact) mass is 234 g/mol. The van der Waals surface area contributed by atoms with Crippen LogP contribution in [-0.4, -0.2) is 5.97 Å². The van der Waals surface area contributed by atoms with Crippen molar-refractivity contribution >= 4 is 17.3 Å². The highest BCUT2D eigenvalue weighted by Crippen LogP contribution is 2.26. The molecular formula is C13H18N2O2. The van der Waals surface area contributed by atoms with Gasteiger partial charge in [0.1, 0.15) is 6.61 Å². The molecule has 0 aromatic heterocycles. The molecule has 17 heavy (non-hydrogen) atoms. The molecule has 0 heterocycles. The summed E-state index contributed by atoms with van der Waals surface area (Å²) in [5.74, 6) is -0.00287. The lowest BCUT2D eigenvalue weighted by Gasteiger charge is -2.10. The number of nitrogens with two attached hydrogens (primary N) is 2. The van der Waals surface area contributed by atoms with Crippen molar-refractivity contribution in [1.82, 2.24) is 0 Å². The standard InChI is InChI=1S/C13H18N2O2/c14-11-5-9(6-12(15)7-11)8-17-13(16)10-3-1-2-4-10/h5-7,10H,1-4,8,14-15H2. The van der Waals surface area contributed by atoms with Crippen LogP contribution >= 0.6 is 0 Å². The van der Waals surface area contributed by atoms with Gasteiger partial charge in [0.25, 0.3) is 0 Å². The molecule has 92 valence electrons. The Labute approximate surface area is 101 Å². The number of anilines is 2. The van der Waals surface area contributed by atoms with E-state index in [9.17, 15) is 4.79 Å². The number of esters is 1. The average Bonchev–Trinajstić information content (AvgIpc) is 2.78. The van der Waals surface area contributed by atoms with Crippen molar-refractivity contribution in [3.05, 3.63) is 23.8 Å². The van der Waals surface area contributed by atoms with Crippen LogP contribution in [0.2, 0.25) is 0 Å². The molecule has 0 spiro atoms. The normalized spacial score (nSPS) is 16.0. The molecule has 0 bridgehead atoms. The molecule has 1 aliphatic rings. The Morgan fingerprint density at radius 2 is 1.76 bits per heavy atom.